The topological polar surface area (TPSA) is 34.0 Å². The van der Waals surface area contributed by atoms with E-state index in [1.807, 2.05) is 12.3 Å². The summed E-state index contributed by atoms with van der Waals surface area (Å²) in [6, 6.07) is 12.6. The molecule has 0 saturated carbocycles. The summed E-state index contributed by atoms with van der Waals surface area (Å²) in [7, 11) is 2.19. The minimum atomic E-state index is 0.696. The van der Waals surface area contributed by atoms with Crippen LogP contribution < -0.4 is 0 Å². The lowest BCUT2D eigenvalue weighted by molar-refractivity contribution is 0.227. The molecule has 1 aliphatic rings. The number of hydrogen-bond acceptors (Lipinski definition) is 3. The summed E-state index contributed by atoms with van der Waals surface area (Å²) in [5.74, 6) is 1.93. The Morgan fingerprint density at radius 1 is 1.22 bits per heavy atom. The number of imidazole rings is 1. The lowest BCUT2D eigenvalue weighted by Crippen LogP contribution is -2.31. The first-order valence-electron chi connectivity index (χ1n) is 8.31. The van der Waals surface area contributed by atoms with Crippen LogP contribution in [-0.2, 0) is 19.5 Å². The number of hydrogen-bond donors (Lipinski definition) is 0. The van der Waals surface area contributed by atoms with Crippen molar-refractivity contribution in [1.82, 2.24) is 19.4 Å². The predicted molar refractivity (Wildman–Crippen MR) is 92.1 cm³/mol. The van der Waals surface area contributed by atoms with Crippen LogP contribution in [0.5, 0.6) is 0 Å². The van der Waals surface area contributed by atoms with Crippen molar-refractivity contribution in [2.45, 2.75) is 25.9 Å². The third-order valence-electron chi connectivity index (χ3n) is 4.69. The molecule has 0 bridgehead atoms. The van der Waals surface area contributed by atoms with Gasteiger partial charge in [0.05, 0.1) is 11.2 Å². The van der Waals surface area contributed by atoms with Gasteiger partial charge in [-0.25, -0.2) is 4.98 Å². The fraction of sp³-hybridized carbons (Fsp3) is 0.368. The van der Waals surface area contributed by atoms with Crippen molar-refractivity contribution >= 4 is 10.9 Å². The maximum absolute atomic E-state index is 4.78. The number of nitrogens with zero attached hydrogens (tertiary/aromatic N) is 4. The number of benzene rings is 1. The fourth-order valence-electron chi connectivity index (χ4n) is 3.56. The Labute approximate surface area is 136 Å². The van der Waals surface area contributed by atoms with Crippen molar-refractivity contribution in [2.24, 2.45) is 5.92 Å². The van der Waals surface area contributed by atoms with Gasteiger partial charge in [0.25, 0.3) is 0 Å². The fourth-order valence-corrected chi connectivity index (χ4v) is 3.56. The van der Waals surface area contributed by atoms with E-state index in [4.69, 9.17) is 4.98 Å². The SMILES string of the molecule is CN(Cc1ccc2ccccc2n1)C[C@@H]1CCc2nccn2C1. The molecule has 0 spiro atoms. The second-order valence-corrected chi connectivity index (χ2v) is 6.59. The van der Waals surface area contributed by atoms with E-state index in [1.54, 1.807) is 0 Å². The van der Waals surface area contributed by atoms with Crippen molar-refractivity contribution in [3.8, 4) is 0 Å². The highest BCUT2D eigenvalue weighted by atomic mass is 15.1. The van der Waals surface area contributed by atoms with Crippen molar-refractivity contribution in [3.63, 3.8) is 0 Å². The zero-order valence-corrected chi connectivity index (χ0v) is 13.5. The quantitative estimate of drug-likeness (QED) is 0.742. The third-order valence-corrected chi connectivity index (χ3v) is 4.69. The van der Waals surface area contributed by atoms with E-state index in [1.165, 1.54) is 17.6 Å². The molecule has 0 N–H and O–H groups in total. The van der Waals surface area contributed by atoms with Gasteiger partial charge in [-0.05, 0) is 31.5 Å². The zero-order valence-electron chi connectivity index (χ0n) is 13.5. The Hall–Kier alpha value is -2.20. The molecule has 4 heteroatoms. The first kappa shape index (κ1) is 14.4. The molecule has 1 atom stereocenters. The summed E-state index contributed by atoms with van der Waals surface area (Å²) in [5, 5.41) is 1.21. The molecule has 23 heavy (non-hydrogen) atoms. The smallest absolute Gasteiger partial charge is 0.108 e. The van der Waals surface area contributed by atoms with Crippen LogP contribution in [0, 0.1) is 5.92 Å². The first-order valence-corrected chi connectivity index (χ1v) is 8.31. The highest BCUT2D eigenvalue weighted by Crippen LogP contribution is 2.20. The lowest BCUT2D eigenvalue weighted by Gasteiger charge is -2.28. The average molecular weight is 306 g/mol. The van der Waals surface area contributed by atoms with Crippen LogP contribution in [0.1, 0.15) is 17.9 Å². The van der Waals surface area contributed by atoms with Gasteiger partial charge in [0, 0.05) is 43.8 Å². The summed E-state index contributed by atoms with van der Waals surface area (Å²) in [4.78, 5) is 11.6. The second kappa shape index (κ2) is 6.13. The standard InChI is InChI=1S/C19H22N4/c1-22(12-15-6-9-19-20-10-11-23(19)13-15)14-17-8-7-16-4-2-3-5-18(16)21-17/h2-5,7-8,10-11,15H,6,9,12-14H2,1H3/t15-/m0/s1. The van der Waals surface area contributed by atoms with Crippen LogP contribution in [0.3, 0.4) is 0 Å². The molecule has 3 heterocycles. The molecule has 1 aliphatic heterocycles. The molecule has 118 valence electrons. The summed E-state index contributed by atoms with van der Waals surface area (Å²) >= 11 is 0. The van der Waals surface area contributed by atoms with Crippen LogP contribution in [0.15, 0.2) is 48.8 Å². The van der Waals surface area contributed by atoms with Gasteiger partial charge in [0.1, 0.15) is 5.82 Å². The Morgan fingerprint density at radius 2 is 2.13 bits per heavy atom. The molecule has 3 aromatic rings. The Balaban J connectivity index is 1.40. The number of fused-ring (bicyclic) bond motifs is 2. The van der Waals surface area contributed by atoms with Crippen molar-refractivity contribution in [2.75, 3.05) is 13.6 Å². The molecule has 0 saturated heterocycles. The number of aromatic nitrogens is 3. The minimum absolute atomic E-state index is 0.696. The Bertz CT molecular complexity index is 808. The van der Waals surface area contributed by atoms with Crippen LogP contribution >= 0.6 is 0 Å². The van der Waals surface area contributed by atoms with Crippen molar-refractivity contribution < 1.29 is 0 Å². The van der Waals surface area contributed by atoms with E-state index in [9.17, 15) is 0 Å². The number of para-hydroxylation sites is 1. The molecule has 2 aromatic heterocycles. The molecule has 0 radical (unpaired) electrons. The van der Waals surface area contributed by atoms with Gasteiger partial charge in [0.15, 0.2) is 0 Å². The van der Waals surface area contributed by atoms with Crippen LogP contribution in [-0.4, -0.2) is 33.0 Å². The highest BCUT2D eigenvalue weighted by molar-refractivity contribution is 5.78. The van der Waals surface area contributed by atoms with Crippen molar-refractivity contribution in [3.05, 3.63) is 60.3 Å². The Morgan fingerprint density at radius 3 is 3.09 bits per heavy atom. The van der Waals surface area contributed by atoms with E-state index in [-0.39, 0.29) is 0 Å². The molecule has 0 unspecified atom stereocenters. The summed E-state index contributed by atoms with van der Waals surface area (Å²) in [6.07, 6.45) is 6.35. The number of aryl methyl sites for hydroxylation is 1. The molecular weight excluding hydrogens is 284 g/mol. The maximum Gasteiger partial charge on any atom is 0.108 e. The van der Waals surface area contributed by atoms with E-state index in [2.05, 4.69) is 58.0 Å². The average Bonchev–Trinajstić information content (AvgIpc) is 3.02. The number of pyridine rings is 1. The maximum atomic E-state index is 4.78. The summed E-state index contributed by atoms with van der Waals surface area (Å²) in [5.41, 5.74) is 2.23. The van der Waals surface area contributed by atoms with E-state index in [0.29, 0.717) is 5.92 Å². The third kappa shape index (κ3) is 3.13. The van der Waals surface area contributed by atoms with Gasteiger partial charge < -0.3 is 9.47 Å². The van der Waals surface area contributed by atoms with Crippen LogP contribution in [0.25, 0.3) is 10.9 Å². The van der Waals surface area contributed by atoms with Gasteiger partial charge in [0.2, 0.25) is 0 Å². The van der Waals surface area contributed by atoms with Crippen LogP contribution in [0.4, 0.5) is 0 Å². The molecule has 1 aromatic carbocycles. The Kier molecular flexibility index (Phi) is 3.83. The van der Waals surface area contributed by atoms with Gasteiger partial charge in [-0.15, -0.1) is 0 Å². The summed E-state index contributed by atoms with van der Waals surface area (Å²) in [6.45, 7) is 3.09. The molecule has 0 fully saturated rings. The highest BCUT2D eigenvalue weighted by Gasteiger charge is 2.20. The number of rotatable bonds is 4. The first-order chi connectivity index (χ1) is 11.3. The second-order valence-electron chi connectivity index (χ2n) is 6.59. The monoisotopic (exact) mass is 306 g/mol. The molecule has 0 aliphatic carbocycles. The van der Waals surface area contributed by atoms with Gasteiger partial charge in [-0.3, -0.25) is 4.98 Å². The summed E-state index contributed by atoms with van der Waals surface area (Å²) < 4.78 is 2.30. The molecule has 4 nitrogen and oxygen atoms in total. The van der Waals surface area contributed by atoms with Gasteiger partial charge >= 0.3 is 0 Å². The van der Waals surface area contributed by atoms with Crippen molar-refractivity contribution in [1.29, 1.82) is 0 Å². The largest absolute Gasteiger partial charge is 0.335 e. The van der Waals surface area contributed by atoms with E-state index >= 15 is 0 Å². The van der Waals surface area contributed by atoms with Gasteiger partial charge in [-0.2, -0.15) is 0 Å². The molecular formula is C19H22N4. The zero-order chi connectivity index (χ0) is 15.6. The predicted octanol–water partition coefficient (Wildman–Crippen LogP) is 3.13. The normalized spacial score (nSPS) is 17.6. The van der Waals surface area contributed by atoms with Gasteiger partial charge in [-0.1, -0.05) is 24.3 Å². The van der Waals surface area contributed by atoms with Crippen LogP contribution in [0.2, 0.25) is 0 Å². The van der Waals surface area contributed by atoms with E-state index in [0.717, 1.165) is 37.3 Å². The lowest BCUT2D eigenvalue weighted by atomic mass is 9.99. The molecule has 0 amide bonds. The van der Waals surface area contributed by atoms with E-state index < -0.39 is 0 Å². The molecule has 4 rings (SSSR count). The minimum Gasteiger partial charge on any atom is -0.335 e.